The molecular formula is C13H20N2O. The van der Waals surface area contributed by atoms with E-state index in [9.17, 15) is 5.11 Å². The number of aliphatic hydroxyl groups excluding tert-OH is 1. The Morgan fingerprint density at radius 2 is 2.19 bits per heavy atom. The molecule has 1 unspecified atom stereocenters. The lowest BCUT2D eigenvalue weighted by Crippen LogP contribution is -2.32. The van der Waals surface area contributed by atoms with Crippen LogP contribution in [0.25, 0.3) is 0 Å². The second-order valence-electron chi connectivity index (χ2n) is 4.34. The molecule has 0 bridgehead atoms. The number of para-hydroxylation sites is 1. The van der Waals surface area contributed by atoms with Crippen LogP contribution in [0.4, 0.5) is 5.69 Å². The number of hydrogen-bond donors (Lipinski definition) is 2. The van der Waals surface area contributed by atoms with Crippen LogP contribution in [0.3, 0.4) is 0 Å². The molecule has 1 aliphatic rings. The smallest absolute Gasteiger partial charge is 0.0635 e. The lowest BCUT2D eigenvalue weighted by Gasteiger charge is -2.27. The van der Waals surface area contributed by atoms with Gasteiger partial charge in [-0.1, -0.05) is 18.2 Å². The van der Waals surface area contributed by atoms with Crippen molar-refractivity contribution in [1.82, 2.24) is 0 Å². The molecule has 0 spiro atoms. The maximum atomic E-state index is 9.35. The summed E-state index contributed by atoms with van der Waals surface area (Å²) in [5.74, 6) is 0. The molecule has 1 aliphatic heterocycles. The van der Waals surface area contributed by atoms with Gasteiger partial charge in [-0.15, -0.1) is 0 Å². The van der Waals surface area contributed by atoms with Gasteiger partial charge in [-0.25, -0.2) is 0 Å². The molecule has 1 fully saturated rings. The molecule has 1 heterocycles. The molecule has 1 atom stereocenters. The summed E-state index contributed by atoms with van der Waals surface area (Å²) < 4.78 is 0. The zero-order chi connectivity index (χ0) is 11.4. The minimum atomic E-state index is 0.247. The molecular weight excluding hydrogens is 200 g/mol. The van der Waals surface area contributed by atoms with Crippen LogP contribution >= 0.6 is 0 Å². The fourth-order valence-corrected chi connectivity index (χ4v) is 2.50. The van der Waals surface area contributed by atoms with E-state index in [1.54, 1.807) is 0 Å². The van der Waals surface area contributed by atoms with Gasteiger partial charge in [-0.05, 0) is 37.4 Å². The Morgan fingerprint density at radius 3 is 2.94 bits per heavy atom. The van der Waals surface area contributed by atoms with Gasteiger partial charge in [0.25, 0.3) is 0 Å². The van der Waals surface area contributed by atoms with E-state index < -0.39 is 0 Å². The van der Waals surface area contributed by atoms with Gasteiger partial charge in [-0.2, -0.15) is 0 Å². The van der Waals surface area contributed by atoms with Crippen molar-refractivity contribution in [3.05, 3.63) is 29.8 Å². The molecule has 1 saturated heterocycles. The SMILES string of the molecule is NCCc1ccccc1N1CCCC1CO. The summed E-state index contributed by atoms with van der Waals surface area (Å²) in [4.78, 5) is 2.32. The molecule has 0 aliphatic carbocycles. The van der Waals surface area contributed by atoms with E-state index in [2.05, 4.69) is 29.2 Å². The standard InChI is InChI=1S/C13H20N2O/c14-8-7-11-4-1-2-6-13(11)15-9-3-5-12(15)10-16/h1-2,4,6,12,16H,3,5,7-10,14H2. The van der Waals surface area contributed by atoms with Crippen molar-refractivity contribution in [3.8, 4) is 0 Å². The Bertz CT molecular complexity index is 340. The van der Waals surface area contributed by atoms with Crippen molar-refractivity contribution < 1.29 is 5.11 Å². The quantitative estimate of drug-likeness (QED) is 0.800. The van der Waals surface area contributed by atoms with E-state index in [1.807, 2.05) is 0 Å². The molecule has 3 nitrogen and oxygen atoms in total. The zero-order valence-corrected chi connectivity index (χ0v) is 9.60. The van der Waals surface area contributed by atoms with Crippen molar-refractivity contribution in [2.45, 2.75) is 25.3 Å². The maximum Gasteiger partial charge on any atom is 0.0635 e. The van der Waals surface area contributed by atoms with Crippen LogP contribution in [0.1, 0.15) is 18.4 Å². The van der Waals surface area contributed by atoms with Crippen molar-refractivity contribution in [3.63, 3.8) is 0 Å². The fraction of sp³-hybridized carbons (Fsp3) is 0.538. The minimum Gasteiger partial charge on any atom is -0.394 e. The molecule has 16 heavy (non-hydrogen) atoms. The third kappa shape index (κ3) is 2.20. The van der Waals surface area contributed by atoms with Crippen LogP contribution in [0.2, 0.25) is 0 Å². The fourth-order valence-electron chi connectivity index (χ4n) is 2.50. The van der Waals surface area contributed by atoms with Crippen LogP contribution in [-0.4, -0.2) is 30.8 Å². The van der Waals surface area contributed by atoms with E-state index in [-0.39, 0.29) is 6.61 Å². The first-order chi connectivity index (χ1) is 7.86. The maximum absolute atomic E-state index is 9.35. The second-order valence-corrected chi connectivity index (χ2v) is 4.34. The van der Waals surface area contributed by atoms with E-state index in [0.29, 0.717) is 12.6 Å². The molecule has 0 radical (unpaired) electrons. The van der Waals surface area contributed by atoms with Crippen molar-refractivity contribution in [2.24, 2.45) is 5.73 Å². The number of rotatable bonds is 4. The average Bonchev–Trinajstić information content (AvgIpc) is 2.78. The molecule has 0 amide bonds. The Morgan fingerprint density at radius 1 is 1.38 bits per heavy atom. The van der Waals surface area contributed by atoms with Gasteiger partial charge in [-0.3, -0.25) is 0 Å². The van der Waals surface area contributed by atoms with Crippen LogP contribution in [0, 0.1) is 0 Å². The third-order valence-electron chi connectivity index (χ3n) is 3.30. The summed E-state index contributed by atoms with van der Waals surface area (Å²) >= 11 is 0. The Hall–Kier alpha value is -1.06. The third-order valence-corrected chi connectivity index (χ3v) is 3.30. The van der Waals surface area contributed by atoms with Crippen LogP contribution in [-0.2, 0) is 6.42 Å². The normalized spacial score (nSPS) is 20.4. The zero-order valence-electron chi connectivity index (χ0n) is 9.60. The average molecular weight is 220 g/mol. The first kappa shape index (κ1) is 11.4. The minimum absolute atomic E-state index is 0.247. The number of anilines is 1. The molecule has 88 valence electrons. The molecule has 1 aromatic rings. The predicted octanol–water partition coefficient (Wildman–Crippen LogP) is 1.15. The molecule has 3 heteroatoms. The number of benzene rings is 1. The molecule has 2 rings (SSSR count). The monoisotopic (exact) mass is 220 g/mol. The van der Waals surface area contributed by atoms with Crippen LogP contribution < -0.4 is 10.6 Å². The van der Waals surface area contributed by atoms with Gasteiger partial charge in [0.2, 0.25) is 0 Å². The van der Waals surface area contributed by atoms with Crippen molar-refractivity contribution >= 4 is 5.69 Å². The number of hydrogen-bond acceptors (Lipinski definition) is 3. The van der Waals surface area contributed by atoms with Gasteiger partial charge in [0.15, 0.2) is 0 Å². The Labute approximate surface area is 96.9 Å². The summed E-state index contributed by atoms with van der Waals surface area (Å²) in [5.41, 5.74) is 8.18. The van der Waals surface area contributed by atoms with E-state index in [4.69, 9.17) is 5.73 Å². The molecule has 3 N–H and O–H groups in total. The van der Waals surface area contributed by atoms with Gasteiger partial charge in [0, 0.05) is 12.2 Å². The summed E-state index contributed by atoms with van der Waals surface area (Å²) in [6, 6.07) is 8.67. The predicted molar refractivity (Wildman–Crippen MR) is 66.7 cm³/mol. The summed E-state index contributed by atoms with van der Waals surface area (Å²) in [7, 11) is 0. The largest absolute Gasteiger partial charge is 0.394 e. The highest BCUT2D eigenvalue weighted by Crippen LogP contribution is 2.28. The highest BCUT2D eigenvalue weighted by atomic mass is 16.3. The Balaban J connectivity index is 2.24. The first-order valence-electron chi connectivity index (χ1n) is 6.02. The lowest BCUT2D eigenvalue weighted by molar-refractivity contribution is 0.266. The van der Waals surface area contributed by atoms with Gasteiger partial charge in [0.05, 0.1) is 12.6 Å². The number of aliphatic hydroxyl groups is 1. The van der Waals surface area contributed by atoms with Gasteiger partial charge in [0.1, 0.15) is 0 Å². The topological polar surface area (TPSA) is 49.5 Å². The lowest BCUT2D eigenvalue weighted by atomic mass is 10.1. The Kier molecular flexibility index (Phi) is 3.80. The number of nitrogens with zero attached hydrogens (tertiary/aromatic N) is 1. The summed E-state index contributed by atoms with van der Waals surface area (Å²) in [5, 5.41) is 9.35. The number of nitrogens with two attached hydrogens (primary N) is 1. The van der Waals surface area contributed by atoms with Crippen LogP contribution in [0.15, 0.2) is 24.3 Å². The van der Waals surface area contributed by atoms with Crippen molar-refractivity contribution in [1.29, 1.82) is 0 Å². The second kappa shape index (κ2) is 5.32. The van der Waals surface area contributed by atoms with E-state index >= 15 is 0 Å². The van der Waals surface area contributed by atoms with Crippen molar-refractivity contribution in [2.75, 3.05) is 24.6 Å². The highest BCUT2D eigenvalue weighted by molar-refractivity contribution is 5.55. The van der Waals surface area contributed by atoms with Gasteiger partial charge >= 0.3 is 0 Å². The van der Waals surface area contributed by atoms with E-state index in [1.165, 1.54) is 17.7 Å². The first-order valence-corrected chi connectivity index (χ1v) is 6.02. The van der Waals surface area contributed by atoms with E-state index in [0.717, 1.165) is 19.4 Å². The highest BCUT2D eigenvalue weighted by Gasteiger charge is 2.25. The molecule has 1 aromatic carbocycles. The summed E-state index contributed by atoms with van der Waals surface area (Å²) in [6.07, 6.45) is 3.17. The molecule has 0 saturated carbocycles. The molecule has 0 aromatic heterocycles. The van der Waals surface area contributed by atoms with Crippen LogP contribution in [0.5, 0.6) is 0 Å². The summed E-state index contributed by atoms with van der Waals surface area (Å²) in [6.45, 7) is 1.97. The van der Waals surface area contributed by atoms with Gasteiger partial charge < -0.3 is 15.7 Å².